The average Bonchev–Trinajstić information content (AvgIpc) is 2.67. The Morgan fingerprint density at radius 2 is 1.94 bits per heavy atom. The maximum atomic E-state index is 4.38. The van der Waals surface area contributed by atoms with E-state index in [9.17, 15) is 0 Å². The molecule has 0 radical (unpaired) electrons. The molecule has 2 heterocycles. The molecule has 16 heavy (non-hydrogen) atoms. The van der Waals surface area contributed by atoms with Crippen LogP contribution in [0.1, 0.15) is 34.0 Å². The molecule has 5 nitrogen and oxygen atoms in total. The van der Waals surface area contributed by atoms with Gasteiger partial charge < -0.3 is 0 Å². The highest BCUT2D eigenvalue weighted by Gasteiger charge is 2.19. The van der Waals surface area contributed by atoms with Crippen LogP contribution in [0.3, 0.4) is 0 Å². The van der Waals surface area contributed by atoms with Gasteiger partial charge in [-0.2, -0.15) is 5.10 Å². The Bertz CT molecular complexity index is 441. The number of aromatic amines is 1. The molecule has 2 aromatic rings. The summed E-state index contributed by atoms with van der Waals surface area (Å²) in [5, 5.41) is 7.03. The molecule has 0 aliphatic rings. The van der Waals surface area contributed by atoms with Crippen LogP contribution in [0.4, 0.5) is 0 Å². The number of hydrogen-bond donors (Lipinski definition) is 1. The first-order valence-corrected chi connectivity index (χ1v) is 4.76. The number of nitrogens with one attached hydrogen (secondary N) is 1. The average molecular weight is 219 g/mol. The standard InChI is InChI=1S/C10H13N5.CH4/c1-10(2,3)9-13-8(14-15-9)7-6-11-4-5-12-7;/h4-6H,1-3H3,(H,13,14,15);1H4. The van der Waals surface area contributed by atoms with Crippen LogP contribution in [0.15, 0.2) is 18.6 Å². The van der Waals surface area contributed by atoms with E-state index in [2.05, 4.69) is 45.9 Å². The maximum Gasteiger partial charge on any atom is 0.201 e. The summed E-state index contributed by atoms with van der Waals surface area (Å²) in [7, 11) is 0. The van der Waals surface area contributed by atoms with Crippen LogP contribution in [0, 0.1) is 0 Å². The molecule has 86 valence electrons. The second kappa shape index (κ2) is 4.38. The van der Waals surface area contributed by atoms with E-state index in [0.29, 0.717) is 11.5 Å². The van der Waals surface area contributed by atoms with Crippen LogP contribution < -0.4 is 0 Å². The predicted octanol–water partition coefficient (Wildman–Crippen LogP) is 2.20. The molecule has 0 aliphatic heterocycles. The van der Waals surface area contributed by atoms with E-state index in [1.54, 1.807) is 18.6 Å². The van der Waals surface area contributed by atoms with Crippen molar-refractivity contribution in [1.29, 1.82) is 0 Å². The van der Waals surface area contributed by atoms with E-state index in [-0.39, 0.29) is 12.8 Å². The summed E-state index contributed by atoms with van der Waals surface area (Å²) in [5.74, 6) is 1.44. The van der Waals surface area contributed by atoms with Gasteiger partial charge in [-0.3, -0.25) is 10.1 Å². The van der Waals surface area contributed by atoms with Gasteiger partial charge in [0.1, 0.15) is 11.5 Å². The van der Waals surface area contributed by atoms with Gasteiger partial charge in [-0.05, 0) is 0 Å². The Morgan fingerprint density at radius 3 is 2.44 bits per heavy atom. The number of nitrogens with zero attached hydrogens (tertiary/aromatic N) is 4. The summed E-state index contributed by atoms with van der Waals surface area (Å²) in [6.45, 7) is 6.23. The van der Waals surface area contributed by atoms with Crippen LogP contribution in [0.25, 0.3) is 11.5 Å². The van der Waals surface area contributed by atoms with Crippen LogP contribution in [-0.4, -0.2) is 25.1 Å². The van der Waals surface area contributed by atoms with Gasteiger partial charge in [0, 0.05) is 17.8 Å². The van der Waals surface area contributed by atoms with Gasteiger partial charge >= 0.3 is 0 Å². The lowest BCUT2D eigenvalue weighted by Crippen LogP contribution is -2.13. The summed E-state index contributed by atoms with van der Waals surface area (Å²) in [6, 6.07) is 0. The minimum Gasteiger partial charge on any atom is -0.262 e. The van der Waals surface area contributed by atoms with Gasteiger partial charge in [-0.25, -0.2) is 9.97 Å². The van der Waals surface area contributed by atoms with Crippen LogP contribution >= 0.6 is 0 Å². The van der Waals surface area contributed by atoms with E-state index in [4.69, 9.17) is 0 Å². The lowest BCUT2D eigenvalue weighted by molar-refractivity contribution is 0.548. The Labute approximate surface area is 95.4 Å². The Morgan fingerprint density at radius 1 is 1.19 bits per heavy atom. The highest BCUT2D eigenvalue weighted by Crippen LogP contribution is 2.19. The van der Waals surface area contributed by atoms with E-state index in [1.807, 2.05) is 0 Å². The second-order valence-electron chi connectivity index (χ2n) is 4.35. The zero-order chi connectivity index (χ0) is 10.9. The lowest BCUT2D eigenvalue weighted by atomic mass is 9.96. The van der Waals surface area contributed by atoms with Gasteiger partial charge in [0.2, 0.25) is 5.82 Å². The Hall–Kier alpha value is -1.78. The number of H-pyrrole nitrogens is 1. The van der Waals surface area contributed by atoms with Crippen molar-refractivity contribution in [1.82, 2.24) is 25.1 Å². The second-order valence-corrected chi connectivity index (χ2v) is 4.35. The molecule has 0 bridgehead atoms. The number of aromatic nitrogens is 5. The summed E-state index contributed by atoms with van der Waals surface area (Å²) in [6.07, 6.45) is 4.90. The smallest absolute Gasteiger partial charge is 0.201 e. The van der Waals surface area contributed by atoms with Crippen LogP contribution in [0.2, 0.25) is 0 Å². The monoisotopic (exact) mass is 219 g/mol. The molecule has 5 heteroatoms. The SMILES string of the molecule is C.CC(C)(C)c1nc(-c2cnccn2)n[nH]1. The first-order chi connectivity index (χ1) is 7.07. The first kappa shape index (κ1) is 12.3. The molecule has 0 atom stereocenters. The third-order valence-electron chi connectivity index (χ3n) is 1.99. The Kier molecular flexibility index (Phi) is 3.37. The van der Waals surface area contributed by atoms with Crippen molar-refractivity contribution < 1.29 is 0 Å². The number of hydrogen-bond acceptors (Lipinski definition) is 4. The molecule has 2 aromatic heterocycles. The summed E-state index contributed by atoms with van der Waals surface area (Å²) in [4.78, 5) is 12.5. The minimum atomic E-state index is -0.0343. The van der Waals surface area contributed by atoms with Crippen molar-refractivity contribution in [2.75, 3.05) is 0 Å². The summed E-state index contributed by atoms with van der Waals surface area (Å²) >= 11 is 0. The van der Waals surface area contributed by atoms with Gasteiger partial charge in [0.15, 0.2) is 0 Å². The molecule has 0 aromatic carbocycles. The van der Waals surface area contributed by atoms with Gasteiger partial charge in [0.25, 0.3) is 0 Å². The highest BCUT2D eigenvalue weighted by atomic mass is 15.2. The fourth-order valence-electron chi connectivity index (χ4n) is 1.13. The fraction of sp³-hybridized carbons (Fsp3) is 0.455. The molecule has 0 spiro atoms. The van der Waals surface area contributed by atoms with Gasteiger partial charge in [-0.1, -0.05) is 28.2 Å². The molecule has 0 unspecified atom stereocenters. The molecule has 0 aliphatic carbocycles. The molecule has 0 amide bonds. The van der Waals surface area contributed by atoms with Crippen LogP contribution in [-0.2, 0) is 5.41 Å². The molecular formula is C11H17N5. The van der Waals surface area contributed by atoms with Crippen molar-refractivity contribution in [2.24, 2.45) is 0 Å². The predicted molar refractivity (Wildman–Crippen MR) is 62.8 cm³/mol. The maximum absolute atomic E-state index is 4.38. The highest BCUT2D eigenvalue weighted by molar-refractivity contribution is 5.46. The van der Waals surface area contributed by atoms with Crippen molar-refractivity contribution >= 4 is 0 Å². The van der Waals surface area contributed by atoms with Crippen molar-refractivity contribution in [2.45, 2.75) is 33.6 Å². The molecule has 0 saturated carbocycles. The Balaban J connectivity index is 0.00000128. The normalized spacial score (nSPS) is 10.9. The summed E-state index contributed by atoms with van der Waals surface area (Å²) < 4.78 is 0. The molecule has 1 N–H and O–H groups in total. The third-order valence-corrected chi connectivity index (χ3v) is 1.99. The quantitative estimate of drug-likeness (QED) is 0.798. The fourth-order valence-corrected chi connectivity index (χ4v) is 1.13. The van der Waals surface area contributed by atoms with E-state index in [1.165, 1.54) is 0 Å². The zero-order valence-corrected chi connectivity index (χ0v) is 9.02. The lowest BCUT2D eigenvalue weighted by Gasteiger charge is -2.12. The number of rotatable bonds is 1. The van der Waals surface area contributed by atoms with Crippen LogP contribution in [0.5, 0.6) is 0 Å². The molecule has 0 fully saturated rings. The molecule has 2 rings (SSSR count). The zero-order valence-electron chi connectivity index (χ0n) is 9.02. The van der Waals surface area contributed by atoms with E-state index >= 15 is 0 Å². The molecular weight excluding hydrogens is 202 g/mol. The van der Waals surface area contributed by atoms with E-state index in [0.717, 1.165) is 5.82 Å². The van der Waals surface area contributed by atoms with Crippen molar-refractivity contribution in [3.8, 4) is 11.5 Å². The van der Waals surface area contributed by atoms with Crippen molar-refractivity contribution in [3.63, 3.8) is 0 Å². The van der Waals surface area contributed by atoms with Gasteiger partial charge in [0.05, 0.1) is 6.20 Å². The first-order valence-electron chi connectivity index (χ1n) is 4.76. The third kappa shape index (κ3) is 2.42. The largest absolute Gasteiger partial charge is 0.262 e. The van der Waals surface area contributed by atoms with Gasteiger partial charge in [-0.15, -0.1) is 0 Å². The van der Waals surface area contributed by atoms with E-state index < -0.39 is 0 Å². The minimum absolute atomic E-state index is 0. The van der Waals surface area contributed by atoms with Crippen molar-refractivity contribution in [3.05, 3.63) is 24.4 Å². The topological polar surface area (TPSA) is 67.3 Å². The molecule has 0 saturated heterocycles. The summed E-state index contributed by atoms with van der Waals surface area (Å²) in [5.41, 5.74) is 0.650.